The van der Waals surface area contributed by atoms with Crippen LogP contribution in [0, 0.1) is 5.92 Å². The number of nitrogens with one attached hydrogen (secondary N) is 2. The van der Waals surface area contributed by atoms with Crippen molar-refractivity contribution in [3.8, 4) is 0 Å². The maximum absolute atomic E-state index is 13.2. The molecule has 138 valence electrons. The first-order valence-corrected chi connectivity index (χ1v) is 9.84. The molecule has 0 bridgehead atoms. The second-order valence-electron chi connectivity index (χ2n) is 7.12. The number of likely N-dealkylation sites (tertiary alicyclic amines) is 1. The Bertz CT molecular complexity index is 624. The van der Waals surface area contributed by atoms with E-state index in [0.717, 1.165) is 38.9 Å². The fraction of sp³-hybridized carbons (Fsp3) is 0.667. The standard InChI is InChI=1S/C18H27FN4OS/c1-12-7-14(8-15-3-4-17(19)20-9-15)5-6-23(12)11-16-10-21-18(25-16)22-13(2)24/h8,10,12,15,17,20H,3-7,9,11H2,1-2H3,(H,21,22,24)/b14-8+/t12-,15-,17+/m0/s1. The van der Waals surface area contributed by atoms with Gasteiger partial charge in [-0.15, -0.1) is 11.3 Å². The first kappa shape index (κ1) is 18.5. The van der Waals surface area contributed by atoms with Crippen LogP contribution in [0.4, 0.5) is 9.52 Å². The van der Waals surface area contributed by atoms with E-state index in [1.54, 1.807) is 11.3 Å². The van der Waals surface area contributed by atoms with Crippen molar-refractivity contribution in [3.63, 3.8) is 0 Å². The highest BCUT2D eigenvalue weighted by atomic mass is 32.1. The molecule has 2 N–H and O–H groups in total. The zero-order chi connectivity index (χ0) is 17.8. The van der Waals surface area contributed by atoms with Gasteiger partial charge in [0.25, 0.3) is 0 Å². The quantitative estimate of drug-likeness (QED) is 0.634. The topological polar surface area (TPSA) is 57.3 Å². The number of amides is 1. The zero-order valence-corrected chi connectivity index (χ0v) is 15.7. The number of hydrogen-bond donors (Lipinski definition) is 2. The zero-order valence-electron chi connectivity index (χ0n) is 14.9. The maximum atomic E-state index is 13.2. The fourth-order valence-corrected chi connectivity index (χ4v) is 4.50. The van der Waals surface area contributed by atoms with Crippen LogP contribution in [0.1, 0.15) is 44.4 Å². The van der Waals surface area contributed by atoms with Gasteiger partial charge in [-0.25, -0.2) is 9.37 Å². The minimum absolute atomic E-state index is 0.0849. The van der Waals surface area contributed by atoms with E-state index in [1.807, 2.05) is 6.20 Å². The second-order valence-corrected chi connectivity index (χ2v) is 8.24. The summed E-state index contributed by atoms with van der Waals surface area (Å²) in [4.78, 5) is 19.0. The molecule has 25 heavy (non-hydrogen) atoms. The van der Waals surface area contributed by atoms with Crippen LogP contribution in [0.25, 0.3) is 0 Å². The summed E-state index contributed by atoms with van der Waals surface area (Å²) in [6, 6.07) is 0.483. The van der Waals surface area contributed by atoms with Crippen LogP contribution in [0.5, 0.6) is 0 Å². The Kier molecular flexibility index (Phi) is 6.19. The fourth-order valence-electron chi connectivity index (χ4n) is 3.61. The highest BCUT2D eigenvalue weighted by Crippen LogP contribution is 2.28. The van der Waals surface area contributed by atoms with Crippen molar-refractivity contribution in [2.45, 2.75) is 58.4 Å². The van der Waals surface area contributed by atoms with Gasteiger partial charge in [0.2, 0.25) is 5.91 Å². The lowest BCUT2D eigenvalue weighted by atomic mass is 9.90. The van der Waals surface area contributed by atoms with E-state index < -0.39 is 6.30 Å². The van der Waals surface area contributed by atoms with E-state index in [2.05, 4.69) is 33.5 Å². The van der Waals surface area contributed by atoms with E-state index in [4.69, 9.17) is 0 Å². The third-order valence-electron chi connectivity index (χ3n) is 4.96. The molecule has 3 atom stereocenters. The van der Waals surface area contributed by atoms with Gasteiger partial charge in [0.05, 0.1) is 0 Å². The molecule has 7 heteroatoms. The summed E-state index contributed by atoms with van der Waals surface area (Å²) in [5.41, 5.74) is 1.51. The average molecular weight is 367 g/mol. The lowest BCUT2D eigenvalue weighted by Gasteiger charge is -2.35. The molecule has 3 heterocycles. The molecule has 0 unspecified atom stereocenters. The number of piperidine rings is 2. The summed E-state index contributed by atoms with van der Waals surface area (Å²) < 4.78 is 13.2. The molecule has 5 nitrogen and oxygen atoms in total. The number of carbonyl (C=O) groups excluding carboxylic acids is 1. The van der Waals surface area contributed by atoms with Crippen molar-refractivity contribution in [2.75, 3.05) is 18.4 Å². The van der Waals surface area contributed by atoms with Gasteiger partial charge < -0.3 is 5.32 Å². The van der Waals surface area contributed by atoms with Crippen molar-refractivity contribution < 1.29 is 9.18 Å². The van der Waals surface area contributed by atoms with Gasteiger partial charge in [0.15, 0.2) is 11.4 Å². The molecule has 1 aromatic rings. The normalized spacial score (nSPS) is 29.7. The Morgan fingerprint density at radius 2 is 2.40 bits per heavy atom. The van der Waals surface area contributed by atoms with Gasteiger partial charge in [0.1, 0.15) is 0 Å². The molecule has 3 rings (SSSR count). The van der Waals surface area contributed by atoms with E-state index >= 15 is 0 Å². The number of halogens is 1. The SMILES string of the molecule is CC(=O)Nc1ncc(CN2CC/C(=C\[C@@H]3CC[C@H](F)NC3)C[C@@H]2C)s1. The average Bonchev–Trinajstić information content (AvgIpc) is 2.98. The number of hydrogen-bond acceptors (Lipinski definition) is 5. The molecule has 2 aliphatic rings. The third kappa shape index (κ3) is 5.33. The predicted octanol–water partition coefficient (Wildman–Crippen LogP) is 3.31. The van der Waals surface area contributed by atoms with Crippen molar-refractivity contribution >= 4 is 22.4 Å². The van der Waals surface area contributed by atoms with E-state index in [0.29, 0.717) is 23.5 Å². The van der Waals surface area contributed by atoms with Crippen molar-refractivity contribution in [2.24, 2.45) is 5.92 Å². The number of aromatic nitrogens is 1. The summed E-state index contributed by atoms with van der Waals surface area (Å²) in [6.45, 7) is 6.43. The third-order valence-corrected chi connectivity index (χ3v) is 5.86. The van der Waals surface area contributed by atoms with E-state index in [9.17, 15) is 9.18 Å². The Labute approximate surface area is 152 Å². The van der Waals surface area contributed by atoms with Crippen molar-refractivity contribution in [1.29, 1.82) is 0 Å². The van der Waals surface area contributed by atoms with Crippen LogP contribution < -0.4 is 10.6 Å². The maximum Gasteiger partial charge on any atom is 0.223 e. The van der Waals surface area contributed by atoms with Gasteiger partial charge in [-0.1, -0.05) is 11.6 Å². The van der Waals surface area contributed by atoms with Crippen molar-refractivity contribution in [3.05, 3.63) is 22.7 Å². The summed E-state index contributed by atoms with van der Waals surface area (Å²) in [5, 5.41) is 6.34. The molecule has 2 fully saturated rings. The summed E-state index contributed by atoms with van der Waals surface area (Å²) in [7, 11) is 0. The van der Waals surface area contributed by atoms with Gasteiger partial charge in [0, 0.05) is 43.7 Å². The molecule has 2 aliphatic heterocycles. The summed E-state index contributed by atoms with van der Waals surface area (Å²) in [6.07, 6.45) is 7.14. The highest BCUT2D eigenvalue weighted by Gasteiger charge is 2.24. The molecule has 1 amide bonds. The van der Waals surface area contributed by atoms with Crippen LogP contribution in [-0.2, 0) is 11.3 Å². The molecule has 0 spiro atoms. The molecule has 0 saturated carbocycles. The molecule has 1 aromatic heterocycles. The number of rotatable bonds is 4. The minimum Gasteiger partial charge on any atom is -0.302 e. The minimum atomic E-state index is -0.822. The summed E-state index contributed by atoms with van der Waals surface area (Å²) in [5.74, 6) is 0.390. The largest absolute Gasteiger partial charge is 0.302 e. The van der Waals surface area contributed by atoms with Crippen LogP contribution in [-0.4, -0.2) is 41.2 Å². The Morgan fingerprint density at radius 3 is 3.08 bits per heavy atom. The first-order chi connectivity index (χ1) is 12.0. The Balaban J connectivity index is 1.51. The van der Waals surface area contributed by atoms with E-state index in [-0.39, 0.29) is 5.91 Å². The molecule has 0 aliphatic carbocycles. The molecular formula is C18H27FN4OS. The number of nitrogens with zero attached hydrogens (tertiary/aromatic N) is 2. The van der Waals surface area contributed by atoms with Gasteiger partial charge in [-0.3, -0.25) is 15.0 Å². The lowest BCUT2D eigenvalue weighted by molar-refractivity contribution is -0.114. The number of thiazole rings is 1. The van der Waals surface area contributed by atoms with Crippen molar-refractivity contribution in [1.82, 2.24) is 15.2 Å². The lowest BCUT2D eigenvalue weighted by Crippen LogP contribution is -2.38. The number of alkyl halides is 1. The Hall–Kier alpha value is -1.31. The van der Waals surface area contributed by atoms with Crippen LogP contribution >= 0.6 is 11.3 Å². The predicted molar refractivity (Wildman–Crippen MR) is 99.2 cm³/mol. The summed E-state index contributed by atoms with van der Waals surface area (Å²) >= 11 is 1.54. The molecule has 0 aromatic carbocycles. The second kappa shape index (κ2) is 8.38. The monoisotopic (exact) mass is 366 g/mol. The van der Waals surface area contributed by atoms with Crippen LogP contribution in [0.15, 0.2) is 17.8 Å². The first-order valence-electron chi connectivity index (χ1n) is 9.03. The molecule has 0 radical (unpaired) electrons. The smallest absolute Gasteiger partial charge is 0.223 e. The van der Waals surface area contributed by atoms with E-state index in [1.165, 1.54) is 17.4 Å². The van der Waals surface area contributed by atoms with Crippen LogP contribution in [0.3, 0.4) is 0 Å². The Morgan fingerprint density at radius 1 is 1.56 bits per heavy atom. The van der Waals surface area contributed by atoms with Gasteiger partial charge >= 0.3 is 0 Å². The molecule has 2 saturated heterocycles. The number of anilines is 1. The highest BCUT2D eigenvalue weighted by molar-refractivity contribution is 7.15. The van der Waals surface area contributed by atoms with Gasteiger partial charge in [-0.05, 0) is 38.5 Å². The molecular weight excluding hydrogens is 339 g/mol. The number of carbonyl (C=O) groups is 1. The van der Waals surface area contributed by atoms with Gasteiger partial charge in [-0.2, -0.15) is 0 Å². The van der Waals surface area contributed by atoms with Crippen LogP contribution in [0.2, 0.25) is 0 Å².